The maximum atomic E-state index is 11.0. The molecule has 0 heterocycles. The Labute approximate surface area is 73.7 Å². The van der Waals surface area contributed by atoms with Gasteiger partial charge in [0.1, 0.15) is 7.85 Å². The van der Waals surface area contributed by atoms with E-state index in [1.807, 2.05) is 20.0 Å². The van der Waals surface area contributed by atoms with Gasteiger partial charge in [-0.25, -0.2) is 0 Å². The van der Waals surface area contributed by atoms with Crippen LogP contribution in [-0.4, -0.2) is 13.4 Å². The Balaban J connectivity index is 2.83. The first-order valence-electron chi connectivity index (χ1n) is 3.66. The van der Waals surface area contributed by atoms with Crippen LogP contribution in [0, 0.1) is 0 Å². The SMILES string of the molecule is BC1=CCC=C(C(=O)P=O)C=C1. The van der Waals surface area contributed by atoms with Crippen LogP contribution in [0.5, 0.6) is 0 Å². The largest absolute Gasteiger partial charge is 0.280 e. The second kappa shape index (κ2) is 4.17. The summed E-state index contributed by atoms with van der Waals surface area (Å²) < 4.78 is 10.3. The Hall–Kier alpha value is -0.945. The molecule has 0 radical (unpaired) electrons. The van der Waals surface area contributed by atoms with Gasteiger partial charge in [-0.2, -0.15) is 0 Å². The van der Waals surface area contributed by atoms with Crippen LogP contribution in [0.4, 0.5) is 0 Å². The van der Waals surface area contributed by atoms with Crippen molar-refractivity contribution < 1.29 is 9.36 Å². The van der Waals surface area contributed by atoms with Crippen molar-refractivity contribution in [3.63, 3.8) is 0 Å². The lowest BCUT2D eigenvalue weighted by atomic mass is 9.95. The zero-order chi connectivity index (χ0) is 8.97. The van der Waals surface area contributed by atoms with E-state index < -0.39 is 8.46 Å². The highest BCUT2D eigenvalue weighted by Crippen LogP contribution is 2.13. The van der Waals surface area contributed by atoms with Crippen LogP contribution in [0.15, 0.2) is 35.3 Å². The molecule has 0 aromatic rings. The van der Waals surface area contributed by atoms with Crippen LogP contribution in [0.25, 0.3) is 0 Å². The summed E-state index contributed by atoms with van der Waals surface area (Å²) in [5.74, 6) is 0. The zero-order valence-electron chi connectivity index (χ0n) is 6.78. The topological polar surface area (TPSA) is 34.1 Å². The van der Waals surface area contributed by atoms with Crippen molar-refractivity contribution >= 4 is 21.8 Å². The normalized spacial score (nSPS) is 16.7. The summed E-state index contributed by atoms with van der Waals surface area (Å²) in [5, 5.41) is 0. The molecular formula is C8H8BO2P. The summed E-state index contributed by atoms with van der Waals surface area (Å²) >= 11 is 0. The van der Waals surface area contributed by atoms with Crippen molar-refractivity contribution in [3.05, 3.63) is 35.3 Å². The van der Waals surface area contributed by atoms with Crippen LogP contribution in [0.3, 0.4) is 0 Å². The lowest BCUT2D eigenvalue weighted by Gasteiger charge is -1.88. The molecule has 0 atom stereocenters. The molecular weight excluding hydrogens is 170 g/mol. The van der Waals surface area contributed by atoms with Gasteiger partial charge in [-0.15, -0.1) is 0 Å². The fourth-order valence-electron chi connectivity index (χ4n) is 0.940. The van der Waals surface area contributed by atoms with Crippen LogP contribution in [0.1, 0.15) is 6.42 Å². The summed E-state index contributed by atoms with van der Waals surface area (Å²) in [6, 6.07) is 0. The van der Waals surface area contributed by atoms with Gasteiger partial charge in [-0.1, -0.05) is 29.8 Å². The van der Waals surface area contributed by atoms with Crippen molar-refractivity contribution in [2.75, 3.05) is 0 Å². The van der Waals surface area contributed by atoms with Crippen molar-refractivity contribution in [1.29, 1.82) is 0 Å². The molecule has 4 heteroatoms. The lowest BCUT2D eigenvalue weighted by Crippen LogP contribution is -1.88. The molecule has 0 aromatic heterocycles. The molecule has 0 amide bonds. The van der Waals surface area contributed by atoms with Crippen LogP contribution < -0.4 is 0 Å². The first-order chi connectivity index (χ1) is 5.74. The average Bonchev–Trinajstić information content (AvgIpc) is 2.29. The van der Waals surface area contributed by atoms with E-state index in [0.29, 0.717) is 5.57 Å². The fourth-order valence-corrected chi connectivity index (χ4v) is 1.21. The molecule has 0 aromatic carbocycles. The van der Waals surface area contributed by atoms with Gasteiger partial charge >= 0.3 is 0 Å². The third kappa shape index (κ3) is 2.28. The molecule has 2 nitrogen and oxygen atoms in total. The molecule has 1 aliphatic carbocycles. The Kier molecular flexibility index (Phi) is 3.18. The van der Waals surface area contributed by atoms with Crippen molar-refractivity contribution in [3.8, 4) is 0 Å². The second-order valence-corrected chi connectivity index (χ2v) is 3.16. The summed E-state index contributed by atoms with van der Waals surface area (Å²) in [5.41, 5.74) is 1.30. The van der Waals surface area contributed by atoms with Crippen LogP contribution in [-0.2, 0) is 9.36 Å². The minimum atomic E-state index is -0.435. The quantitative estimate of drug-likeness (QED) is 0.470. The number of carbonyl (C=O) groups excluding carboxylic acids is 1. The fraction of sp³-hybridized carbons (Fsp3) is 0.125. The molecule has 0 spiro atoms. The number of carbonyl (C=O) groups is 1. The van der Waals surface area contributed by atoms with Gasteiger partial charge in [-0.05, 0) is 6.42 Å². The molecule has 0 N–H and O–H groups in total. The van der Waals surface area contributed by atoms with Crippen LogP contribution in [0.2, 0.25) is 0 Å². The van der Waals surface area contributed by atoms with Crippen molar-refractivity contribution in [2.24, 2.45) is 0 Å². The van der Waals surface area contributed by atoms with Crippen molar-refractivity contribution in [2.45, 2.75) is 6.42 Å². The highest BCUT2D eigenvalue weighted by atomic mass is 31.1. The molecule has 0 fully saturated rings. The highest BCUT2D eigenvalue weighted by Gasteiger charge is 2.05. The first-order valence-corrected chi connectivity index (χ1v) is 4.48. The monoisotopic (exact) mass is 178 g/mol. The Bertz CT molecular complexity index is 302. The van der Waals surface area contributed by atoms with E-state index >= 15 is 0 Å². The Morgan fingerprint density at radius 1 is 1.42 bits per heavy atom. The van der Waals surface area contributed by atoms with E-state index in [-0.39, 0.29) is 5.52 Å². The van der Waals surface area contributed by atoms with E-state index in [9.17, 15) is 9.36 Å². The van der Waals surface area contributed by atoms with Gasteiger partial charge in [0.05, 0.1) is 0 Å². The molecule has 0 unspecified atom stereocenters. The predicted octanol–water partition coefficient (Wildman–Crippen LogP) is 1.21. The van der Waals surface area contributed by atoms with Gasteiger partial charge < -0.3 is 0 Å². The standard InChI is InChI=1S/C8H8BO2P/c9-7-3-1-2-6(4-5-7)8(10)12-11/h2-5H,1,9H2. The zero-order valence-corrected chi connectivity index (χ0v) is 7.67. The molecule has 60 valence electrons. The number of allylic oxidation sites excluding steroid dienone is 6. The molecule has 0 aliphatic heterocycles. The van der Waals surface area contributed by atoms with E-state index in [1.165, 1.54) is 0 Å². The Morgan fingerprint density at radius 2 is 2.17 bits per heavy atom. The third-order valence-corrected chi connectivity index (χ3v) is 2.06. The van der Waals surface area contributed by atoms with Crippen LogP contribution >= 0.6 is 8.46 Å². The van der Waals surface area contributed by atoms with Gasteiger partial charge in [0.15, 0.2) is 0 Å². The predicted molar refractivity (Wildman–Crippen MR) is 51.1 cm³/mol. The summed E-state index contributed by atoms with van der Waals surface area (Å²) in [6.07, 6.45) is 8.07. The van der Waals surface area contributed by atoms with E-state index in [0.717, 1.165) is 11.9 Å². The summed E-state index contributed by atoms with van der Waals surface area (Å²) in [4.78, 5) is 11.0. The number of hydrogen-bond acceptors (Lipinski definition) is 2. The molecule has 0 saturated heterocycles. The lowest BCUT2D eigenvalue weighted by molar-refractivity contribution is -0.108. The van der Waals surface area contributed by atoms with E-state index in [4.69, 9.17) is 0 Å². The molecule has 12 heavy (non-hydrogen) atoms. The number of rotatable bonds is 2. The maximum Gasteiger partial charge on any atom is 0.252 e. The minimum absolute atomic E-state index is 0.352. The number of hydrogen-bond donors (Lipinski definition) is 0. The highest BCUT2D eigenvalue weighted by molar-refractivity contribution is 7.47. The average molecular weight is 178 g/mol. The molecule has 1 rings (SSSR count). The summed E-state index contributed by atoms with van der Waals surface area (Å²) in [7, 11) is 1.53. The summed E-state index contributed by atoms with van der Waals surface area (Å²) in [6.45, 7) is 0. The molecule has 1 aliphatic rings. The second-order valence-electron chi connectivity index (χ2n) is 2.57. The smallest absolute Gasteiger partial charge is 0.252 e. The van der Waals surface area contributed by atoms with Crippen molar-refractivity contribution in [1.82, 2.24) is 0 Å². The third-order valence-electron chi connectivity index (χ3n) is 1.63. The van der Waals surface area contributed by atoms with Gasteiger partial charge in [0, 0.05) is 5.57 Å². The van der Waals surface area contributed by atoms with E-state index in [1.54, 1.807) is 12.2 Å². The maximum absolute atomic E-state index is 11.0. The van der Waals surface area contributed by atoms with Gasteiger partial charge in [0.25, 0.3) is 5.52 Å². The first kappa shape index (κ1) is 9.15. The minimum Gasteiger partial charge on any atom is -0.280 e. The van der Waals surface area contributed by atoms with Gasteiger partial charge in [-0.3, -0.25) is 9.36 Å². The molecule has 0 bridgehead atoms. The molecule has 0 saturated carbocycles. The van der Waals surface area contributed by atoms with E-state index in [2.05, 4.69) is 0 Å². The Morgan fingerprint density at radius 3 is 2.83 bits per heavy atom. The van der Waals surface area contributed by atoms with Gasteiger partial charge in [0.2, 0.25) is 8.46 Å².